The molecule has 1 unspecified atom stereocenters. The Morgan fingerprint density at radius 3 is 1.31 bits per heavy atom. The van der Waals surface area contributed by atoms with Crippen molar-refractivity contribution in [3.63, 3.8) is 0 Å². The Kier molecular flexibility index (Phi) is 26.2. The van der Waals surface area contributed by atoms with E-state index in [0.717, 1.165) is 13.2 Å². The second kappa shape index (κ2) is 24.3. The number of hydrogen-bond acceptors (Lipinski definition) is 3. The highest BCUT2D eigenvalue weighted by atomic mass is 31.2. The van der Waals surface area contributed by atoms with E-state index in [4.69, 9.17) is 28.7 Å². The average molecular weight is 441 g/mol. The van der Waals surface area contributed by atoms with Crippen molar-refractivity contribution in [2.45, 2.75) is 123 Å². The molecule has 0 fully saturated rings. The van der Waals surface area contributed by atoms with E-state index in [0.29, 0.717) is 0 Å². The van der Waals surface area contributed by atoms with Gasteiger partial charge in [0, 0.05) is 13.7 Å². The summed E-state index contributed by atoms with van der Waals surface area (Å²) in [6, 6.07) is 0. The molecule has 0 aliphatic heterocycles. The van der Waals surface area contributed by atoms with Crippen molar-refractivity contribution in [2.24, 2.45) is 0 Å². The molecule has 0 aliphatic carbocycles. The van der Waals surface area contributed by atoms with E-state index in [1.165, 1.54) is 103 Å². The Labute approximate surface area is 180 Å². The molecule has 6 nitrogen and oxygen atoms in total. The third-order valence-corrected chi connectivity index (χ3v) is 4.90. The van der Waals surface area contributed by atoms with Gasteiger partial charge in [0.1, 0.15) is 0 Å². The van der Waals surface area contributed by atoms with E-state index in [1.807, 2.05) is 6.92 Å². The number of rotatable bonds is 20. The molecule has 0 aromatic rings. The van der Waals surface area contributed by atoms with Gasteiger partial charge in [0.2, 0.25) is 0 Å². The Balaban J connectivity index is 0. The number of phosphoric acid groups is 1. The molecule has 0 aromatic heterocycles. The second-order valence-electron chi connectivity index (χ2n) is 7.94. The molecule has 7 heteroatoms. The summed E-state index contributed by atoms with van der Waals surface area (Å²) in [7, 11) is -2.90. The summed E-state index contributed by atoms with van der Waals surface area (Å²) in [4.78, 5) is 21.6. The molecular weight excluding hydrogens is 391 g/mol. The van der Waals surface area contributed by atoms with E-state index < -0.39 is 7.82 Å². The summed E-state index contributed by atoms with van der Waals surface area (Å²) in [6.45, 7) is 5.97. The molecule has 0 bridgehead atoms. The van der Waals surface area contributed by atoms with Gasteiger partial charge >= 0.3 is 7.82 Å². The largest absolute Gasteiger partial charge is 0.466 e. The third-order valence-electron chi connectivity index (χ3n) is 4.90. The molecule has 178 valence electrons. The van der Waals surface area contributed by atoms with E-state index in [2.05, 4.69) is 6.92 Å². The van der Waals surface area contributed by atoms with Gasteiger partial charge in [-0.25, -0.2) is 4.57 Å². The summed E-state index contributed by atoms with van der Waals surface area (Å²) in [5, 5.41) is 0. The minimum Gasteiger partial charge on any atom is -0.379 e. The highest BCUT2D eigenvalue weighted by Gasteiger charge is 2.00. The first-order valence-electron chi connectivity index (χ1n) is 11.7. The van der Waals surface area contributed by atoms with Gasteiger partial charge < -0.3 is 24.2 Å². The van der Waals surface area contributed by atoms with E-state index in [9.17, 15) is 0 Å². The lowest BCUT2D eigenvalue weighted by molar-refractivity contribution is 0.0174. The molecular formula is C22H49O6P. The minimum atomic E-state index is -4.64. The number of unbranched alkanes of at least 4 members (excludes halogenated alkanes) is 15. The van der Waals surface area contributed by atoms with Gasteiger partial charge in [0.15, 0.2) is 0 Å². The fourth-order valence-electron chi connectivity index (χ4n) is 3.07. The molecule has 3 N–H and O–H groups in total. The highest BCUT2D eigenvalue weighted by Crippen LogP contribution is 2.25. The van der Waals surface area contributed by atoms with Crippen LogP contribution in [0.3, 0.4) is 0 Å². The van der Waals surface area contributed by atoms with Crippen LogP contribution in [-0.2, 0) is 14.0 Å². The van der Waals surface area contributed by atoms with Crippen LogP contribution in [0, 0.1) is 0 Å². The zero-order valence-corrected chi connectivity index (χ0v) is 20.2. The molecule has 29 heavy (non-hydrogen) atoms. The summed E-state index contributed by atoms with van der Waals surface area (Å²) in [5.41, 5.74) is 0. The predicted octanol–water partition coefficient (Wildman–Crippen LogP) is 6.37. The first-order chi connectivity index (χ1) is 13.8. The van der Waals surface area contributed by atoms with Crippen molar-refractivity contribution in [3.8, 4) is 0 Å². The smallest absolute Gasteiger partial charge is 0.379 e. The van der Waals surface area contributed by atoms with Gasteiger partial charge in [0.25, 0.3) is 0 Å². The number of ether oxygens (including phenoxy) is 2. The maximum Gasteiger partial charge on any atom is 0.466 e. The van der Waals surface area contributed by atoms with Crippen molar-refractivity contribution in [3.05, 3.63) is 0 Å². The van der Waals surface area contributed by atoms with Crippen LogP contribution in [-0.4, -0.2) is 41.1 Å². The first kappa shape index (κ1) is 31.2. The Morgan fingerprint density at radius 1 is 0.690 bits per heavy atom. The van der Waals surface area contributed by atoms with Crippen LogP contribution in [0.15, 0.2) is 0 Å². The molecule has 0 amide bonds. The first-order valence-corrected chi connectivity index (χ1v) is 13.3. The van der Waals surface area contributed by atoms with Gasteiger partial charge in [-0.05, 0) is 13.3 Å². The minimum absolute atomic E-state index is 0.228. The molecule has 0 aromatic carbocycles. The van der Waals surface area contributed by atoms with Crippen molar-refractivity contribution >= 4 is 7.82 Å². The zero-order valence-electron chi connectivity index (χ0n) is 19.3. The molecule has 0 radical (unpaired) electrons. The normalized spacial score (nSPS) is 12.5. The van der Waals surface area contributed by atoms with E-state index in [1.54, 1.807) is 7.11 Å². The van der Waals surface area contributed by atoms with Gasteiger partial charge in [0.05, 0.1) is 12.7 Å². The molecule has 0 aliphatic rings. The monoisotopic (exact) mass is 440 g/mol. The lowest BCUT2D eigenvalue weighted by Crippen LogP contribution is -2.14. The van der Waals surface area contributed by atoms with Crippen LogP contribution < -0.4 is 0 Å². The van der Waals surface area contributed by atoms with Crippen LogP contribution in [0.25, 0.3) is 0 Å². The Bertz CT molecular complexity index is 340. The predicted molar refractivity (Wildman–Crippen MR) is 121 cm³/mol. The quantitative estimate of drug-likeness (QED) is 0.150. The van der Waals surface area contributed by atoms with Crippen LogP contribution >= 0.6 is 7.82 Å². The molecule has 0 rings (SSSR count). The van der Waals surface area contributed by atoms with Crippen LogP contribution in [0.4, 0.5) is 0 Å². The number of hydrogen-bond donors (Lipinski definition) is 3. The maximum absolute atomic E-state index is 8.88. The molecule has 0 heterocycles. The van der Waals surface area contributed by atoms with Gasteiger partial charge in [-0.3, -0.25) is 0 Å². The van der Waals surface area contributed by atoms with Gasteiger partial charge in [-0.15, -0.1) is 0 Å². The fraction of sp³-hybridized carbons (Fsp3) is 1.00. The van der Waals surface area contributed by atoms with Gasteiger partial charge in [-0.1, -0.05) is 103 Å². The zero-order chi connectivity index (χ0) is 22.2. The van der Waals surface area contributed by atoms with E-state index >= 15 is 0 Å². The van der Waals surface area contributed by atoms with Crippen LogP contribution in [0.5, 0.6) is 0 Å². The topological polar surface area (TPSA) is 96.2 Å². The van der Waals surface area contributed by atoms with Crippen molar-refractivity contribution in [1.29, 1.82) is 0 Å². The summed E-state index contributed by atoms with van der Waals surface area (Å²) < 4.78 is 19.6. The fourth-order valence-corrected chi connectivity index (χ4v) is 3.07. The summed E-state index contributed by atoms with van der Waals surface area (Å²) >= 11 is 0. The third kappa shape index (κ3) is 39.1. The summed E-state index contributed by atoms with van der Waals surface area (Å²) in [5.74, 6) is 0. The summed E-state index contributed by atoms with van der Waals surface area (Å²) in [6.07, 6.45) is 22.9. The van der Waals surface area contributed by atoms with Gasteiger partial charge in [-0.2, -0.15) is 0 Å². The Hall–Kier alpha value is 0.0300. The standard InChI is InChI=1S/C22H46O2.H3O4P/c1-4-5-6-7-8-9-10-11-12-13-14-15-16-17-18-19-20-24-21-22(2)23-3;1-5(2,3)4/h22H,4-21H2,1-3H3;(H3,1,2,3,4). The molecule has 1 atom stereocenters. The van der Waals surface area contributed by atoms with Crippen molar-refractivity contribution in [1.82, 2.24) is 0 Å². The average Bonchev–Trinajstić information content (AvgIpc) is 2.65. The molecule has 0 spiro atoms. The Morgan fingerprint density at radius 2 is 1.00 bits per heavy atom. The number of methoxy groups -OCH3 is 1. The van der Waals surface area contributed by atoms with Crippen LogP contribution in [0.1, 0.15) is 117 Å². The van der Waals surface area contributed by atoms with Crippen LogP contribution in [0.2, 0.25) is 0 Å². The molecule has 0 saturated heterocycles. The second-order valence-corrected chi connectivity index (χ2v) is 8.96. The lowest BCUT2D eigenvalue weighted by Gasteiger charge is -2.09. The van der Waals surface area contributed by atoms with Crippen molar-refractivity contribution < 1.29 is 28.7 Å². The molecule has 0 saturated carbocycles. The van der Waals surface area contributed by atoms with Crippen molar-refractivity contribution in [2.75, 3.05) is 20.3 Å². The highest BCUT2D eigenvalue weighted by molar-refractivity contribution is 7.45. The lowest BCUT2D eigenvalue weighted by atomic mass is 10.0. The maximum atomic E-state index is 8.88. The SMILES string of the molecule is CCCCCCCCCCCCCCCCCCOCC(C)OC.O=P(O)(O)O. The van der Waals surface area contributed by atoms with E-state index in [-0.39, 0.29) is 6.10 Å².